The van der Waals surface area contributed by atoms with Crippen LogP contribution in [-0.4, -0.2) is 27.6 Å². The molecule has 2 heterocycles. The largest absolute Gasteiger partial charge is 0.497 e. The van der Waals surface area contributed by atoms with Crippen LogP contribution in [0.3, 0.4) is 0 Å². The van der Waals surface area contributed by atoms with Crippen molar-refractivity contribution in [3.63, 3.8) is 0 Å². The molecule has 4 aromatic rings. The molecule has 8 heteroatoms. The molecule has 0 saturated carbocycles. The van der Waals surface area contributed by atoms with Crippen molar-refractivity contribution in [3.05, 3.63) is 58.6 Å². The van der Waals surface area contributed by atoms with Gasteiger partial charge >= 0.3 is 0 Å². The summed E-state index contributed by atoms with van der Waals surface area (Å²) >= 11 is 1.38. The Kier molecular flexibility index (Phi) is 4.79. The van der Waals surface area contributed by atoms with Crippen LogP contribution in [0.15, 0.2) is 47.5 Å². The van der Waals surface area contributed by atoms with Gasteiger partial charge in [-0.1, -0.05) is 23.5 Å². The number of thiazole rings is 1. The molecule has 1 amide bonds. The van der Waals surface area contributed by atoms with Gasteiger partial charge in [-0.15, -0.1) is 0 Å². The van der Waals surface area contributed by atoms with Gasteiger partial charge in [0.25, 0.3) is 5.56 Å². The van der Waals surface area contributed by atoms with E-state index in [1.54, 1.807) is 13.2 Å². The van der Waals surface area contributed by atoms with Crippen LogP contribution in [-0.2, 0) is 11.3 Å². The van der Waals surface area contributed by atoms with E-state index in [9.17, 15) is 9.59 Å². The average Bonchev–Trinajstić information content (AvgIpc) is 3.09. The summed E-state index contributed by atoms with van der Waals surface area (Å²) < 4.78 is 7.60. The Morgan fingerprint density at radius 1 is 1.29 bits per heavy atom. The Labute approximate surface area is 164 Å². The summed E-state index contributed by atoms with van der Waals surface area (Å²) in [5.41, 5.74) is 2.30. The maximum absolute atomic E-state index is 12.6. The topological polar surface area (TPSA) is 86.1 Å². The van der Waals surface area contributed by atoms with Crippen molar-refractivity contribution in [1.29, 1.82) is 0 Å². The zero-order valence-corrected chi connectivity index (χ0v) is 16.2. The third-order valence-corrected chi connectivity index (χ3v) is 5.41. The van der Waals surface area contributed by atoms with Crippen molar-refractivity contribution < 1.29 is 9.53 Å². The van der Waals surface area contributed by atoms with E-state index in [2.05, 4.69) is 15.3 Å². The second-order valence-corrected chi connectivity index (χ2v) is 7.40. The molecule has 7 nitrogen and oxygen atoms in total. The van der Waals surface area contributed by atoms with Gasteiger partial charge in [0.1, 0.15) is 5.75 Å². The Morgan fingerprint density at radius 3 is 2.96 bits per heavy atom. The van der Waals surface area contributed by atoms with Gasteiger partial charge in [-0.25, -0.2) is 9.97 Å². The normalized spacial score (nSPS) is 11.1. The number of aromatic nitrogens is 3. The van der Waals surface area contributed by atoms with Crippen LogP contribution < -0.4 is 15.6 Å². The van der Waals surface area contributed by atoms with Crippen molar-refractivity contribution in [1.82, 2.24) is 14.5 Å². The maximum Gasteiger partial charge on any atom is 0.261 e. The molecule has 0 radical (unpaired) electrons. The molecule has 0 aliphatic carbocycles. The number of carbonyl (C=O) groups excluding carboxylic acids is 1. The molecule has 0 aliphatic rings. The summed E-state index contributed by atoms with van der Waals surface area (Å²) in [5.74, 6) is 0.537. The molecular weight excluding hydrogens is 376 g/mol. The number of methoxy groups -OCH3 is 1. The average molecular weight is 394 g/mol. The Hall–Kier alpha value is -3.26. The van der Waals surface area contributed by atoms with Gasteiger partial charge in [0.15, 0.2) is 5.13 Å². The molecule has 0 bridgehead atoms. The van der Waals surface area contributed by atoms with Gasteiger partial charge in [-0.05, 0) is 36.8 Å². The predicted molar refractivity (Wildman–Crippen MR) is 110 cm³/mol. The molecule has 0 aliphatic heterocycles. The number of hydrogen-bond donors (Lipinski definition) is 1. The summed E-state index contributed by atoms with van der Waals surface area (Å²) in [5, 5.41) is 3.88. The number of nitrogens with zero attached hydrogens (tertiary/aromatic N) is 3. The van der Waals surface area contributed by atoms with Crippen molar-refractivity contribution in [2.45, 2.75) is 19.9 Å². The zero-order valence-electron chi connectivity index (χ0n) is 15.4. The van der Waals surface area contributed by atoms with Crippen molar-refractivity contribution in [2.75, 3.05) is 12.4 Å². The van der Waals surface area contributed by atoms with E-state index in [1.807, 2.05) is 37.3 Å². The third-order valence-electron chi connectivity index (χ3n) is 4.48. The summed E-state index contributed by atoms with van der Waals surface area (Å²) in [6.45, 7) is 2.17. The van der Waals surface area contributed by atoms with Crippen LogP contribution in [0.4, 0.5) is 5.13 Å². The van der Waals surface area contributed by atoms with Gasteiger partial charge in [0, 0.05) is 13.0 Å². The van der Waals surface area contributed by atoms with Crippen LogP contribution in [0.1, 0.15) is 12.0 Å². The number of fused-ring (bicyclic) bond motifs is 2. The highest BCUT2D eigenvalue weighted by Gasteiger charge is 2.11. The summed E-state index contributed by atoms with van der Waals surface area (Å²) in [7, 11) is 1.61. The van der Waals surface area contributed by atoms with Crippen LogP contribution in [0.5, 0.6) is 5.75 Å². The highest BCUT2D eigenvalue weighted by Crippen LogP contribution is 2.29. The van der Waals surface area contributed by atoms with Gasteiger partial charge < -0.3 is 10.1 Å². The number of hydrogen-bond acceptors (Lipinski definition) is 6. The lowest BCUT2D eigenvalue weighted by atomic mass is 10.1. The van der Waals surface area contributed by atoms with Gasteiger partial charge in [-0.3, -0.25) is 14.2 Å². The van der Waals surface area contributed by atoms with Crippen LogP contribution >= 0.6 is 11.3 Å². The second-order valence-electron chi connectivity index (χ2n) is 6.37. The highest BCUT2D eigenvalue weighted by molar-refractivity contribution is 7.22. The van der Waals surface area contributed by atoms with Crippen molar-refractivity contribution in [3.8, 4) is 5.75 Å². The molecule has 4 rings (SSSR count). The molecule has 2 aromatic heterocycles. The van der Waals surface area contributed by atoms with Crippen molar-refractivity contribution in [2.24, 2.45) is 0 Å². The van der Waals surface area contributed by atoms with Crippen LogP contribution in [0.2, 0.25) is 0 Å². The fourth-order valence-corrected chi connectivity index (χ4v) is 3.90. The number of anilines is 1. The number of amides is 1. The first-order valence-electron chi connectivity index (χ1n) is 8.74. The summed E-state index contributed by atoms with van der Waals surface area (Å²) in [6, 6.07) is 11.1. The van der Waals surface area contributed by atoms with E-state index >= 15 is 0 Å². The standard InChI is InChI=1S/C20H18N4O3S/c1-12-4-3-5-14-18(12)21-11-24(19(14)26)9-8-17(25)23-20-22-15-7-6-13(27-2)10-16(15)28-20/h3-7,10-11H,8-9H2,1-2H3,(H,22,23,25). The minimum atomic E-state index is -0.206. The predicted octanol–water partition coefficient (Wildman–Crippen LogP) is 3.35. The molecule has 0 unspecified atom stereocenters. The van der Waals surface area contributed by atoms with E-state index in [4.69, 9.17) is 4.74 Å². The highest BCUT2D eigenvalue weighted by atomic mass is 32.1. The molecule has 0 saturated heterocycles. The molecule has 28 heavy (non-hydrogen) atoms. The first-order valence-corrected chi connectivity index (χ1v) is 9.56. The minimum absolute atomic E-state index is 0.145. The minimum Gasteiger partial charge on any atom is -0.497 e. The lowest BCUT2D eigenvalue weighted by Crippen LogP contribution is -2.23. The first kappa shape index (κ1) is 18.1. The van der Waals surface area contributed by atoms with E-state index in [0.717, 1.165) is 21.5 Å². The fourth-order valence-electron chi connectivity index (χ4n) is 2.99. The van der Waals surface area contributed by atoms with Crippen molar-refractivity contribution >= 4 is 43.5 Å². The van der Waals surface area contributed by atoms with E-state index in [0.29, 0.717) is 16.0 Å². The SMILES string of the molecule is COc1ccc2nc(NC(=O)CCn3cnc4c(C)cccc4c3=O)sc2c1. The van der Waals surface area contributed by atoms with E-state index in [-0.39, 0.29) is 24.4 Å². The van der Waals surface area contributed by atoms with Gasteiger partial charge in [-0.2, -0.15) is 0 Å². The van der Waals surface area contributed by atoms with Crippen LogP contribution in [0.25, 0.3) is 21.1 Å². The number of ether oxygens (including phenoxy) is 1. The summed E-state index contributed by atoms with van der Waals surface area (Å²) in [4.78, 5) is 33.7. The van der Waals surface area contributed by atoms with E-state index < -0.39 is 0 Å². The number of para-hydroxylation sites is 1. The second kappa shape index (κ2) is 7.40. The molecule has 0 fully saturated rings. The lowest BCUT2D eigenvalue weighted by Gasteiger charge is -2.07. The Balaban J connectivity index is 1.47. The third kappa shape index (κ3) is 3.46. The van der Waals surface area contributed by atoms with Gasteiger partial charge in [0.05, 0.1) is 34.6 Å². The monoisotopic (exact) mass is 394 g/mol. The Morgan fingerprint density at radius 2 is 2.14 bits per heavy atom. The lowest BCUT2D eigenvalue weighted by molar-refractivity contribution is -0.116. The number of carbonyl (C=O) groups is 1. The number of rotatable bonds is 5. The summed E-state index contributed by atoms with van der Waals surface area (Å²) in [6.07, 6.45) is 1.65. The smallest absolute Gasteiger partial charge is 0.261 e. The Bertz CT molecular complexity index is 1250. The van der Waals surface area contributed by atoms with Gasteiger partial charge in [0.2, 0.25) is 5.91 Å². The molecular formula is C20H18N4O3S. The number of benzene rings is 2. The molecule has 0 atom stereocenters. The van der Waals surface area contributed by atoms with Crippen LogP contribution in [0, 0.1) is 6.92 Å². The fraction of sp³-hybridized carbons (Fsp3) is 0.200. The maximum atomic E-state index is 12.6. The number of nitrogens with one attached hydrogen (secondary N) is 1. The first-order chi connectivity index (χ1) is 13.5. The number of aryl methyl sites for hydroxylation is 2. The molecule has 0 spiro atoms. The molecule has 1 N–H and O–H groups in total. The quantitative estimate of drug-likeness (QED) is 0.561. The molecule has 142 valence electrons. The van der Waals surface area contributed by atoms with E-state index in [1.165, 1.54) is 22.2 Å². The molecule has 2 aromatic carbocycles. The zero-order chi connectivity index (χ0) is 19.7.